The summed E-state index contributed by atoms with van der Waals surface area (Å²) in [6.07, 6.45) is 3.19. The van der Waals surface area contributed by atoms with E-state index in [0.717, 1.165) is 25.1 Å². The Morgan fingerprint density at radius 1 is 1.67 bits per heavy atom. The van der Waals surface area contributed by atoms with Gasteiger partial charge in [0.2, 0.25) is 0 Å². The van der Waals surface area contributed by atoms with E-state index in [1.54, 1.807) is 6.20 Å². The number of halogens is 1. The number of aryl methyl sites for hydroxylation is 1. The zero-order valence-electron chi connectivity index (χ0n) is 7.13. The fraction of sp³-hybridized carbons (Fsp3) is 0.625. The van der Waals surface area contributed by atoms with Gasteiger partial charge in [-0.05, 0) is 19.8 Å². The fourth-order valence-electron chi connectivity index (χ4n) is 1.16. The van der Waals surface area contributed by atoms with E-state index in [2.05, 4.69) is 5.10 Å². The summed E-state index contributed by atoms with van der Waals surface area (Å²) < 4.78 is 1.86. The Morgan fingerprint density at radius 2 is 2.42 bits per heavy atom. The molecule has 0 aromatic carbocycles. The van der Waals surface area contributed by atoms with Crippen molar-refractivity contribution in [2.45, 2.75) is 26.3 Å². The Balaban J connectivity index is 2.72. The predicted octanol–water partition coefficient (Wildman–Crippen LogP) is 1.48. The van der Waals surface area contributed by atoms with Gasteiger partial charge in [-0.3, -0.25) is 4.68 Å². The zero-order chi connectivity index (χ0) is 8.97. The highest BCUT2D eigenvalue weighted by molar-refractivity contribution is 6.31. The maximum Gasteiger partial charge on any atom is 0.0817 e. The SMILES string of the molecule is CCn1ncc(Cl)c1CCCO. The molecule has 0 aliphatic carbocycles. The van der Waals surface area contributed by atoms with Crippen LogP contribution in [0.1, 0.15) is 19.0 Å². The number of rotatable bonds is 4. The largest absolute Gasteiger partial charge is 0.396 e. The van der Waals surface area contributed by atoms with Crippen LogP contribution in [0.2, 0.25) is 5.02 Å². The summed E-state index contributed by atoms with van der Waals surface area (Å²) >= 11 is 5.89. The molecule has 0 aliphatic heterocycles. The second-order valence-electron chi connectivity index (χ2n) is 2.58. The van der Waals surface area contributed by atoms with E-state index in [0.29, 0.717) is 5.02 Å². The van der Waals surface area contributed by atoms with Crippen LogP contribution >= 0.6 is 11.6 Å². The molecule has 0 unspecified atom stereocenters. The first-order valence-electron chi connectivity index (χ1n) is 4.10. The predicted molar refractivity (Wildman–Crippen MR) is 48.3 cm³/mol. The number of aromatic nitrogens is 2. The molecule has 0 atom stereocenters. The molecule has 1 aromatic heterocycles. The molecule has 1 N–H and O–H groups in total. The maximum atomic E-state index is 8.65. The molecule has 0 saturated carbocycles. The van der Waals surface area contributed by atoms with Crippen LogP contribution in [0.5, 0.6) is 0 Å². The minimum Gasteiger partial charge on any atom is -0.396 e. The Bertz CT molecular complexity index is 247. The minimum absolute atomic E-state index is 0.200. The van der Waals surface area contributed by atoms with Crippen molar-refractivity contribution in [3.05, 3.63) is 16.9 Å². The molecule has 4 heteroatoms. The van der Waals surface area contributed by atoms with Crippen LogP contribution in [0.25, 0.3) is 0 Å². The van der Waals surface area contributed by atoms with E-state index in [1.165, 1.54) is 0 Å². The van der Waals surface area contributed by atoms with Gasteiger partial charge in [0.05, 0.1) is 16.9 Å². The van der Waals surface area contributed by atoms with Crippen LogP contribution in [0.3, 0.4) is 0 Å². The lowest BCUT2D eigenvalue weighted by Gasteiger charge is -2.03. The van der Waals surface area contributed by atoms with Crippen LogP contribution in [0, 0.1) is 0 Å². The summed E-state index contributed by atoms with van der Waals surface area (Å²) in [7, 11) is 0. The Hall–Kier alpha value is -0.540. The minimum atomic E-state index is 0.200. The van der Waals surface area contributed by atoms with Gasteiger partial charge in [0.25, 0.3) is 0 Å². The summed E-state index contributed by atoms with van der Waals surface area (Å²) in [5.41, 5.74) is 1.02. The first kappa shape index (κ1) is 9.55. The molecular weight excluding hydrogens is 176 g/mol. The van der Waals surface area contributed by atoms with Gasteiger partial charge in [0.15, 0.2) is 0 Å². The monoisotopic (exact) mass is 188 g/mol. The summed E-state index contributed by atoms with van der Waals surface area (Å²) in [6, 6.07) is 0. The van der Waals surface area contributed by atoms with Gasteiger partial charge < -0.3 is 5.11 Å². The summed E-state index contributed by atoms with van der Waals surface area (Å²) in [6.45, 7) is 3.05. The zero-order valence-corrected chi connectivity index (χ0v) is 7.88. The Morgan fingerprint density at radius 3 is 3.00 bits per heavy atom. The van der Waals surface area contributed by atoms with Crippen LogP contribution in [0.4, 0.5) is 0 Å². The van der Waals surface area contributed by atoms with Gasteiger partial charge in [0.1, 0.15) is 0 Å². The third-order valence-electron chi connectivity index (χ3n) is 1.77. The first-order chi connectivity index (χ1) is 5.79. The molecule has 0 saturated heterocycles. The third kappa shape index (κ3) is 1.99. The fourth-order valence-corrected chi connectivity index (χ4v) is 1.39. The highest BCUT2D eigenvalue weighted by atomic mass is 35.5. The summed E-state index contributed by atoms with van der Waals surface area (Å²) in [4.78, 5) is 0. The van der Waals surface area contributed by atoms with E-state index in [9.17, 15) is 0 Å². The second kappa shape index (κ2) is 4.48. The molecule has 1 heterocycles. The first-order valence-corrected chi connectivity index (χ1v) is 4.48. The molecule has 12 heavy (non-hydrogen) atoms. The third-order valence-corrected chi connectivity index (χ3v) is 2.08. The average Bonchev–Trinajstić information content (AvgIpc) is 2.43. The van der Waals surface area contributed by atoms with Crippen molar-refractivity contribution in [2.75, 3.05) is 6.61 Å². The normalized spacial score (nSPS) is 10.6. The van der Waals surface area contributed by atoms with Crippen molar-refractivity contribution in [3.8, 4) is 0 Å². The highest BCUT2D eigenvalue weighted by Crippen LogP contribution is 2.16. The lowest BCUT2D eigenvalue weighted by molar-refractivity contribution is 0.287. The molecule has 0 radical (unpaired) electrons. The Kier molecular flexibility index (Phi) is 3.56. The van der Waals surface area contributed by atoms with Crippen LogP contribution in [-0.4, -0.2) is 21.5 Å². The maximum absolute atomic E-state index is 8.65. The average molecular weight is 189 g/mol. The lowest BCUT2D eigenvalue weighted by atomic mass is 10.2. The van der Waals surface area contributed by atoms with Crippen molar-refractivity contribution in [1.29, 1.82) is 0 Å². The van der Waals surface area contributed by atoms with Gasteiger partial charge in [0, 0.05) is 13.2 Å². The van der Waals surface area contributed by atoms with E-state index in [1.807, 2.05) is 11.6 Å². The molecule has 1 rings (SSSR count). The van der Waals surface area contributed by atoms with Crippen LogP contribution < -0.4 is 0 Å². The van der Waals surface area contributed by atoms with Gasteiger partial charge >= 0.3 is 0 Å². The molecule has 3 nitrogen and oxygen atoms in total. The summed E-state index contributed by atoms with van der Waals surface area (Å²) in [5.74, 6) is 0. The van der Waals surface area contributed by atoms with Crippen LogP contribution in [-0.2, 0) is 13.0 Å². The molecular formula is C8H13ClN2O. The quantitative estimate of drug-likeness (QED) is 0.778. The highest BCUT2D eigenvalue weighted by Gasteiger charge is 2.06. The molecule has 0 fully saturated rings. The van der Waals surface area contributed by atoms with E-state index >= 15 is 0 Å². The standard InChI is InChI=1S/C8H13ClN2O/c1-2-11-8(4-3-5-12)7(9)6-10-11/h6,12H,2-5H2,1H3. The number of hydrogen-bond acceptors (Lipinski definition) is 2. The van der Waals surface area contributed by atoms with Crippen molar-refractivity contribution in [3.63, 3.8) is 0 Å². The molecule has 0 aliphatic rings. The van der Waals surface area contributed by atoms with Gasteiger partial charge in [-0.15, -0.1) is 0 Å². The van der Waals surface area contributed by atoms with Crippen molar-refractivity contribution < 1.29 is 5.11 Å². The van der Waals surface area contributed by atoms with Crippen molar-refractivity contribution >= 4 is 11.6 Å². The summed E-state index contributed by atoms with van der Waals surface area (Å²) in [5, 5.41) is 13.4. The lowest BCUT2D eigenvalue weighted by Crippen LogP contribution is -2.03. The smallest absolute Gasteiger partial charge is 0.0817 e. The van der Waals surface area contributed by atoms with Crippen molar-refractivity contribution in [1.82, 2.24) is 9.78 Å². The molecule has 68 valence electrons. The van der Waals surface area contributed by atoms with Crippen molar-refractivity contribution in [2.24, 2.45) is 0 Å². The van der Waals surface area contributed by atoms with Gasteiger partial charge in [-0.25, -0.2) is 0 Å². The van der Waals surface area contributed by atoms with E-state index in [4.69, 9.17) is 16.7 Å². The number of aliphatic hydroxyl groups is 1. The number of aliphatic hydroxyl groups excluding tert-OH is 1. The topological polar surface area (TPSA) is 38.0 Å². The molecule has 0 spiro atoms. The Labute approximate surface area is 77.0 Å². The second-order valence-corrected chi connectivity index (χ2v) is 2.99. The van der Waals surface area contributed by atoms with E-state index < -0.39 is 0 Å². The van der Waals surface area contributed by atoms with Crippen LogP contribution in [0.15, 0.2) is 6.20 Å². The molecule has 0 bridgehead atoms. The molecule has 0 amide bonds. The molecule has 1 aromatic rings. The number of nitrogens with zero attached hydrogens (tertiary/aromatic N) is 2. The number of hydrogen-bond donors (Lipinski definition) is 1. The van der Waals surface area contributed by atoms with E-state index in [-0.39, 0.29) is 6.61 Å². The van der Waals surface area contributed by atoms with Gasteiger partial charge in [-0.2, -0.15) is 5.10 Å². The van der Waals surface area contributed by atoms with Gasteiger partial charge in [-0.1, -0.05) is 11.6 Å².